The molecule has 1 aromatic heterocycles. The second-order valence-electron chi connectivity index (χ2n) is 4.82. The normalized spacial score (nSPS) is 18.8. The van der Waals surface area contributed by atoms with Crippen molar-refractivity contribution < 1.29 is 4.79 Å². The molecule has 0 amide bonds. The minimum Gasteiger partial charge on any atom is -0.345 e. The van der Waals surface area contributed by atoms with Gasteiger partial charge >= 0.3 is 0 Å². The summed E-state index contributed by atoms with van der Waals surface area (Å²) in [7, 11) is 0. The summed E-state index contributed by atoms with van der Waals surface area (Å²) in [6, 6.07) is 3.81. The van der Waals surface area contributed by atoms with Crippen molar-refractivity contribution in [2.75, 3.05) is 19.6 Å². The molecule has 1 unspecified atom stereocenters. The molecule has 0 bridgehead atoms. The van der Waals surface area contributed by atoms with Gasteiger partial charge in [-0.15, -0.1) is 0 Å². The number of carbonyl (C=O) groups excluding carboxylic acids is 1. The average molecular weight is 220 g/mol. The number of nitrogens with zero attached hydrogens (tertiary/aromatic N) is 2. The summed E-state index contributed by atoms with van der Waals surface area (Å²) < 4.78 is 2.05. The standard InChI is InChI=1S/C13H20N2O/c1-12(9-14-6-2-3-7-14)10-15-8-4-5-13(15)11-16/h4-5,8,11-12H,2-3,6-7,9-10H2,1H3. The summed E-state index contributed by atoms with van der Waals surface area (Å²) in [6.07, 6.45) is 5.61. The highest BCUT2D eigenvalue weighted by molar-refractivity contribution is 5.72. The molecule has 1 aromatic rings. The van der Waals surface area contributed by atoms with Crippen molar-refractivity contribution in [3.05, 3.63) is 24.0 Å². The lowest BCUT2D eigenvalue weighted by molar-refractivity contribution is 0.111. The molecule has 3 nitrogen and oxygen atoms in total. The summed E-state index contributed by atoms with van der Waals surface area (Å²) in [4.78, 5) is 13.3. The molecule has 1 fully saturated rings. The van der Waals surface area contributed by atoms with Gasteiger partial charge in [-0.1, -0.05) is 6.92 Å². The second-order valence-corrected chi connectivity index (χ2v) is 4.82. The van der Waals surface area contributed by atoms with Crippen LogP contribution >= 0.6 is 0 Å². The third kappa shape index (κ3) is 2.73. The van der Waals surface area contributed by atoms with Crippen LogP contribution in [0.3, 0.4) is 0 Å². The Hall–Kier alpha value is -1.09. The summed E-state index contributed by atoms with van der Waals surface area (Å²) in [5, 5.41) is 0. The van der Waals surface area contributed by atoms with Gasteiger partial charge < -0.3 is 9.47 Å². The Balaban J connectivity index is 1.86. The Bertz CT molecular complexity index is 339. The van der Waals surface area contributed by atoms with Crippen LogP contribution in [0.4, 0.5) is 0 Å². The van der Waals surface area contributed by atoms with E-state index in [2.05, 4.69) is 11.8 Å². The molecule has 0 N–H and O–H groups in total. The maximum absolute atomic E-state index is 10.8. The van der Waals surface area contributed by atoms with Gasteiger partial charge in [0.2, 0.25) is 0 Å². The molecule has 2 heterocycles. The fraction of sp³-hybridized carbons (Fsp3) is 0.615. The molecular weight excluding hydrogens is 200 g/mol. The van der Waals surface area contributed by atoms with E-state index in [4.69, 9.17) is 0 Å². The number of rotatable bonds is 5. The molecule has 1 aliphatic heterocycles. The van der Waals surface area contributed by atoms with E-state index < -0.39 is 0 Å². The Morgan fingerprint density at radius 2 is 2.12 bits per heavy atom. The van der Waals surface area contributed by atoms with Gasteiger partial charge in [-0.3, -0.25) is 4.79 Å². The van der Waals surface area contributed by atoms with E-state index in [0.717, 1.165) is 25.1 Å². The van der Waals surface area contributed by atoms with Crippen LogP contribution in [0, 0.1) is 5.92 Å². The highest BCUT2D eigenvalue weighted by Gasteiger charge is 2.15. The van der Waals surface area contributed by atoms with Gasteiger partial charge in [0, 0.05) is 19.3 Å². The number of hydrogen-bond acceptors (Lipinski definition) is 2. The molecule has 1 aliphatic rings. The van der Waals surface area contributed by atoms with Gasteiger partial charge in [0.25, 0.3) is 0 Å². The van der Waals surface area contributed by atoms with Gasteiger partial charge in [0.05, 0.1) is 5.69 Å². The average Bonchev–Trinajstić information content (AvgIpc) is 2.88. The van der Waals surface area contributed by atoms with Crippen LogP contribution < -0.4 is 0 Å². The van der Waals surface area contributed by atoms with Gasteiger partial charge in [0.15, 0.2) is 6.29 Å². The largest absolute Gasteiger partial charge is 0.345 e. The summed E-state index contributed by atoms with van der Waals surface area (Å²) in [5.74, 6) is 0.601. The molecule has 0 aliphatic carbocycles. The van der Waals surface area contributed by atoms with Crippen molar-refractivity contribution in [2.24, 2.45) is 5.92 Å². The zero-order valence-electron chi connectivity index (χ0n) is 9.93. The third-order valence-electron chi connectivity index (χ3n) is 3.26. The van der Waals surface area contributed by atoms with Crippen molar-refractivity contribution in [1.29, 1.82) is 0 Å². The predicted octanol–water partition coefficient (Wildman–Crippen LogP) is 2.03. The maximum Gasteiger partial charge on any atom is 0.166 e. The van der Waals surface area contributed by atoms with Crippen molar-refractivity contribution in [2.45, 2.75) is 26.3 Å². The third-order valence-corrected chi connectivity index (χ3v) is 3.26. The number of aromatic nitrogens is 1. The monoisotopic (exact) mass is 220 g/mol. The number of hydrogen-bond donors (Lipinski definition) is 0. The predicted molar refractivity (Wildman–Crippen MR) is 64.7 cm³/mol. The first-order valence-corrected chi connectivity index (χ1v) is 6.12. The Morgan fingerprint density at radius 1 is 1.38 bits per heavy atom. The van der Waals surface area contributed by atoms with Crippen molar-refractivity contribution in [3.8, 4) is 0 Å². The van der Waals surface area contributed by atoms with Crippen LogP contribution in [0.25, 0.3) is 0 Å². The number of aldehydes is 1. The molecule has 16 heavy (non-hydrogen) atoms. The van der Waals surface area contributed by atoms with Crippen LogP contribution in [0.1, 0.15) is 30.3 Å². The number of likely N-dealkylation sites (tertiary alicyclic amines) is 1. The minimum absolute atomic E-state index is 0.601. The van der Waals surface area contributed by atoms with Crippen LogP contribution in [0.5, 0.6) is 0 Å². The van der Waals surface area contributed by atoms with Crippen LogP contribution in [-0.2, 0) is 6.54 Å². The quantitative estimate of drug-likeness (QED) is 0.709. The lowest BCUT2D eigenvalue weighted by atomic mass is 10.1. The van der Waals surface area contributed by atoms with E-state index in [1.807, 2.05) is 22.9 Å². The zero-order chi connectivity index (χ0) is 11.4. The molecule has 3 heteroatoms. The van der Waals surface area contributed by atoms with Crippen LogP contribution in [0.2, 0.25) is 0 Å². The molecule has 0 radical (unpaired) electrons. The maximum atomic E-state index is 10.8. The number of carbonyl (C=O) groups is 1. The first-order valence-electron chi connectivity index (χ1n) is 6.12. The molecular formula is C13H20N2O. The highest BCUT2D eigenvalue weighted by Crippen LogP contribution is 2.12. The summed E-state index contributed by atoms with van der Waals surface area (Å²) >= 11 is 0. The lowest BCUT2D eigenvalue weighted by Gasteiger charge is -2.21. The van der Waals surface area contributed by atoms with E-state index in [9.17, 15) is 4.79 Å². The Labute approximate surface area is 97.1 Å². The SMILES string of the molecule is CC(CN1CCCC1)Cn1cccc1C=O. The first-order chi connectivity index (χ1) is 7.79. The van der Waals surface area contributed by atoms with Gasteiger partial charge in [-0.05, 0) is 44.0 Å². The minimum atomic E-state index is 0.601. The molecule has 2 rings (SSSR count). The van der Waals surface area contributed by atoms with E-state index in [1.165, 1.54) is 25.9 Å². The topological polar surface area (TPSA) is 25.2 Å². The van der Waals surface area contributed by atoms with E-state index in [0.29, 0.717) is 5.92 Å². The fourth-order valence-electron chi connectivity index (χ4n) is 2.50. The van der Waals surface area contributed by atoms with Crippen molar-refractivity contribution in [1.82, 2.24) is 9.47 Å². The fourth-order valence-corrected chi connectivity index (χ4v) is 2.50. The molecule has 1 atom stereocenters. The summed E-state index contributed by atoms with van der Waals surface area (Å²) in [5.41, 5.74) is 0.785. The smallest absolute Gasteiger partial charge is 0.166 e. The first kappa shape index (κ1) is 11.4. The lowest BCUT2D eigenvalue weighted by Crippen LogP contribution is -2.27. The van der Waals surface area contributed by atoms with Gasteiger partial charge in [0.1, 0.15) is 0 Å². The molecule has 0 aromatic carbocycles. The van der Waals surface area contributed by atoms with E-state index in [1.54, 1.807) is 0 Å². The molecule has 1 saturated heterocycles. The molecule has 88 valence electrons. The van der Waals surface area contributed by atoms with Gasteiger partial charge in [-0.25, -0.2) is 0 Å². The zero-order valence-corrected chi connectivity index (χ0v) is 9.93. The summed E-state index contributed by atoms with van der Waals surface area (Å²) in [6.45, 7) is 6.84. The van der Waals surface area contributed by atoms with Crippen LogP contribution in [0.15, 0.2) is 18.3 Å². The van der Waals surface area contributed by atoms with Crippen molar-refractivity contribution in [3.63, 3.8) is 0 Å². The van der Waals surface area contributed by atoms with Crippen molar-refractivity contribution >= 4 is 6.29 Å². The Morgan fingerprint density at radius 3 is 2.81 bits per heavy atom. The molecule has 0 saturated carbocycles. The van der Waals surface area contributed by atoms with Gasteiger partial charge in [-0.2, -0.15) is 0 Å². The highest BCUT2D eigenvalue weighted by atomic mass is 16.1. The Kier molecular flexibility index (Phi) is 3.78. The molecule has 0 spiro atoms. The van der Waals surface area contributed by atoms with E-state index >= 15 is 0 Å². The van der Waals surface area contributed by atoms with E-state index in [-0.39, 0.29) is 0 Å². The second kappa shape index (κ2) is 5.30. The van der Waals surface area contributed by atoms with Crippen LogP contribution in [-0.4, -0.2) is 35.4 Å².